The second-order valence-electron chi connectivity index (χ2n) is 4.20. The molecular formula is C12H11ClN6O. The van der Waals surface area contributed by atoms with Crippen LogP contribution in [0.25, 0.3) is 0 Å². The van der Waals surface area contributed by atoms with Crippen molar-refractivity contribution in [1.29, 1.82) is 0 Å². The Labute approximate surface area is 119 Å². The second-order valence-corrected chi connectivity index (χ2v) is 4.64. The molecule has 3 N–H and O–H groups in total. The monoisotopic (exact) mass is 290 g/mol. The van der Waals surface area contributed by atoms with E-state index in [1.807, 2.05) is 24.3 Å². The SMILES string of the molecule is O=C1NC(=NNCc2ccc(Cl)cc2)C2=NC=NC2N1. The van der Waals surface area contributed by atoms with Gasteiger partial charge in [-0.15, -0.1) is 0 Å². The van der Waals surface area contributed by atoms with Crippen LogP contribution < -0.4 is 16.1 Å². The molecule has 1 aromatic carbocycles. The van der Waals surface area contributed by atoms with Gasteiger partial charge < -0.3 is 10.7 Å². The largest absolute Gasteiger partial charge is 0.322 e. The Kier molecular flexibility index (Phi) is 3.34. The molecule has 0 aromatic heterocycles. The summed E-state index contributed by atoms with van der Waals surface area (Å²) in [5.74, 6) is 0.380. The fourth-order valence-corrected chi connectivity index (χ4v) is 1.95. The van der Waals surface area contributed by atoms with Crippen LogP contribution in [0.2, 0.25) is 5.02 Å². The molecule has 1 aromatic rings. The molecule has 3 rings (SSSR count). The van der Waals surface area contributed by atoms with Gasteiger partial charge in [0, 0.05) is 5.02 Å². The van der Waals surface area contributed by atoms with E-state index in [2.05, 4.69) is 31.1 Å². The summed E-state index contributed by atoms with van der Waals surface area (Å²) >= 11 is 5.81. The smallest absolute Gasteiger partial charge is 0.310 e. The van der Waals surface area contributed by atoms with E-state index in [1.54, 1.807) is 0 Å². The Balaban J connectivity index is 1.66. The average Bonchev–Trinajstić information content (AvgIpc) is 2.89. The van der Waals surface area contributed by atoms with Crippen LogP contribution in [0.1, 0.15) is 5.56 Å². The van der Waals surface area contributed by atoms with Gasteiger partial charge in [0.25, 0.3) is 0 Å². The van der Waals surface area contributed by atoms with Gasteiger partial charge in [-0.05, 0) is 17.7 Å². The van der Waals surface area contributed by atoms with Crippen LogP contribution in [0.3, 0.4) is 0 Å². The molecule has 0 bridgehead atoms. The number of hydrogen-bond acceptors (Lipinski definition) is 5. The molecule has 0 saturated carbocycles. The predicted octanol–water partition coefficient (Wildman–Crippen LogP) is 0.865. The van der Waals surface area contributed by atoms with E-state index >= 15 is 0 Å². The first-order chi connectivity index (χ1) is 9.72. The van der Waals surface area contributed by atoms with Gasteiger partial charge in [-0.3, -0.25) is 5.32 Å². The summed E-state index contributed by atoms with van der Waals surface area (Å²) in [5, 5.41) is 10.0. The summed E-state index contributed by atoms with van der Waals surface area (Å²) in [6, 6.07) is 7.07. The third-order valence-corrected chi connectivity index (χ3v) is 3.05. The van der Waals surface area contributed by atoms with Crippen molar-refractivity contribution in [3.8, 4) is 0 Å². The lowest BCUT2D eigenvalue weighted by molar-refractivity contribution is 0.243. The number of amides is 2. The van der Waals surface area contributed by atoms with E-state index < -0.39 is 6.17 Å². The van der Waals surface area contributed by atoms with Crippen LogP contribution in [0.5, 0.6) is 0 Å². The molecule has 0 radical (unpaired) electrons. The number of hydrogen-bond donors (Lipinski definition) is 3. The van der Waals surface area contributed by atoms with E-state index in [4.69, 9.17) is 11.6 Å². The van der Waals surface area contributed by atoms with Gasteiger partial charge in [0.05, 0.1) is 6.54 Å². The molecule has 1 atom stereocenters. The normalized spacial score (nSPS) is 22.1. The molecule has 1 fully saturated rings. The molecule has 1 saturated heterocycles. The van der Waals surface area contributed by atoms with Crippen molar-refractivity contribution in [3.63, 3.8) is 0 Å². The van der Waals surface area contributed by atoms with E-state index in [-0.39, 0.29) is 6.03 Å². The van der Waals surface area contributed by atoms with Crippen molar-refractivity contribution in [2.45, 2.75) is 12.7 Å². The van der Waals surface area contributed by atoms with Crippen LogP contribution in [-0.2, 0) is 6.54 Å². The number of nitrogens with one attached hydrogen (secondary N) is 3. The summed E-state index contributed by atoms with van der Waals surface area (Å²) in [4.78, 5) is 19.5. The molecule has 1 unspecified atom stereocenters. The fourth-order valence-electron chi connectivity index (χ4n) is 1.83. The minimum Gasteiger partial charge on any atom is -0.310 e. The highest BCUT2D eigenvalue weighted by Gasteiger charge is 2.31. The molecule has 102 valence electrons. The summed E-state index contributed by atoms with van der Waals surface area (Å²) in [7, 11) is 0. The lowest BCUT2D eigenvalue weighted by atomic mass is 10.2. The molecule has 0 aliphatic carbocycles. The Morgan fingerprint density at radius 2 is 2.15 bits per heavy atom. The van der Waals surface area contributed by atoms with Crippen LogP contribution >= 0.6 is 11.6 Å². The molecular weight excluding hydrogens is 280 g/mol. The lowest BCUT2D eigenvalue weighted by Crippen LogP contribution is -2.57. The van der Waals surface area contributed by atoms with Gasteiger partial charge in [-0.1, -0.05) is 23.7 Å². The maximum Gasteiger partial charge on any atom is 0.322 e. The maximum absolute atomic E-state index is 11.4. The Hall–Kier alpha value is -2.41. The van der Waals surface area contributed by atoms with Crippen molar-refractivity contribution in [2.24, 2.45) is 15.1 Å². The number of amidine groups is 1. The summed E-state index contributed by atoms with van der Waals surface area (Å²) in [6.07, 6.45) is 0.960. The standard InChI is InChI=1S/C12H11ClN6O/c13-8-3-1-7(2-4-8)5-16-19-11-9-10(15-6-14-9)17-12(20)18-11/h1-4,6,10,16H,5H2,(H2,17,18,19,20). The van der Waals surface area contributed by atoms with Gasteiger partial charge in [0.15, 0.2) is 12.0 Å². The number of halogens is 1. The van der Waals surface area contributed by atoms with Crippen molar-refractivity contribution < 1.29 is 4.79 Å². The van der Waals surface area contributed by atoms with Crippen molar-refractivity contribution in [2.75, 3.05) is 0 Å². The van der Waals surface area contributed by atoms with Crippen LogP contribution in [0.4, 0.5) is 4.79 Å². The lowest BCUT2D eigenvalue weighted by Gasteiger charge is -2.21. The minimum atomic E-state index is -0.445. The van der Waals surface area contributed by atoms with Crippen LogP contribution in [0.15, 0.2) is 39.4 Å². The van der Waals surface area contributed by atoms with Gasteiger partial charge in [-0.25, -0.2) is 14.8 Å². The van der Waals surface area contributed by atoms with E-state index in [1.165, 1.54) is 6.34 Å². The van der Waals surface area contributed by atoms with Crippen molar-refractivity contribution in [3.05, 3.63) is 34.9 Å². The predicted molar refractivity (Wildman–Crippen MR) is 77.1 cm³/mol. The zero-order chi connectivity index (χ0) is 13.9. The van der Waals surface area contributed by atoms with E-state index in [0.717, 1.165) is 5.56 Å². The Morgan fingerprint density at radius 3 is 2.95 bits per heavy atom. The average molecular weight is 291 g/mol. The van der Waals surface area contributed by atoms with Crippen molar-refractivity contribution >= 4 is 35.5 Å². The van der Waals surface area contributed by atoms with Crippen molar-refractivity contribution in [1.82, 2.24) is 16.1 Å². The third kappa shape index (κ3) is 2.62. The number of benzene rings is 1. The number of carbonyl (C=O) groups is 1. The Morgan fingerprint density at radius 1 is 1.35 bits per heavy atom. The highest BCUT2D eigenvalue weighted by atomic mass is 35.5. The number of aliphatic imine (C=N–C) groups is 2. The van der Waals surface area contributed by atoms with E-state index in [0.29, 0.717) is 23.1 Å². The maximum atomic E-state index is 11.4. The molecule has 2 amide bonds. The molecule has 0 spiro atoms. The molecule has 2 aliphatic rings. The first-order valence-corrected chi connectivity index (χ1v) is 6.32. The molecule has 8 heteroatoms. The molecule has 7 nitrogen and oxygen atoms in total. The van der Waals surface area contributed by atoms with Crippen LogP contribution in [0, 0.1) is 0 Å². The zero-order valence-electron chi connectivity index (χ0n) is 10.3. The second kappa shape index (κ2) is 5.30. The topological polar surface area (TPSA) is 90.2 Å². The summed E-state index contributed by atoms with van der Waals surface area (Å²) in [6.45, 7) is 0.517. The molecule has 20 heavy (non-hydrogen) atoms. The Bertz CT molecular complexity index is 621. The number of urea groups is 1. The number of fused-ring (bicyclic) bond motifs is 1. The van der Waals surface area contributed by atoms with Gasteiger partial charge in [-0.2, -0.15) is 5.10 Å². The number of nitrogens with zero attached hydrogens (tertiary/aromatic N) is 3. The minimum absolute atomic E-state index is 0.347. The number of rotatable bonds is 3. The van der Waals surface area contributed by atoms with Gasteiger partial charge >= 0.3 is 6.03 Å². The van der Waals surface area contributed by atoms with E-state index in [9.17, 15) is 4.79 Å². The van der Waals surface area contributed by atoms with Gasteiger partial charge in [0.2, 0.25) is 0 Å². The highest BCUT2D eigenvalue weighted by molar-refractivity contribution is 6.48. The zero-order valence-corrected chi connectivity index (χ0v) is 11.1. The summed E-state index contributed by atoms with van der Waals surface area (Å²) < 4.78 is 0. The van der Waals surface area contributed by atoms with Gasteiger partial charge in [0.1, 0.15) is 12.1 Å². The fraction of sp³-hybridized carbons (Fsp3) is 0.167. The highest BCUT2D eigenvalue weighted by Crippen LogP contribution is 2.09. The summed E-state index contributed by atoms with van der Waals surface area (Å²) in [5.41, 5.74) is 4.51. The first-order valence-electron chi connectivity index (χ1n) is 5.94. The first kappa shape index (κ1) is 12.6. The molecule has 2 heterocycles. The van der Waals surface area contributed by atoms with Crippen LogP contribution in [-0.4, -0.2) is 30.1 Å². The number of hydrazone groups is 1. The third-order valence-electron chi connectivity index (χ3n) is 2.80. The quantitative estimate of drug-likeness (QED) is 0.721. The number of carbonyl (C=O) groups excluding carboxylic acids is 1. The molecule has 2 aliphatic heterocycles.